The first-order chi connectivity index (χ1) is 12.6. The van der Waals surface area contributed by atoms with Gasteiger partial charge in [0.2, 0.25) is 0 Å². The number of fused-ring (bicyclic) bond motifs is 1. The summed E-state index contributed by atoms with van der Waals surface area (Å²) >= 11 is 0. The Hall–Kier alpha value is -2.13. The van der Waals surface area contributed by atoms with Crippen LogP contribution >= 0.6 is 0 Å². The standard InChI is InChI=1S/C23H28N2O/c1-17-6-5-13-24(15-17)16-19-9-11-20(12-10-19)23(26)25-18(2)14-21-7-3-4-8-22(21)25/h3-4,7-12,17-18H,5-6,13-16H2,1-2H3/t17-,18-/m0/s1. The van der Waals surface area contributed by atoms with Gasteiger partial charge in [-0.15, -0.1) is 0 Å². The fourth-order valence-electron chi connectivity index (χ4n) is 4.46. The van der Waals surface area contributed by atoms with Gasteiger partial charge in [-0.05, 0) is 68.0 Å². The SMILES string of the molecule is C[C@H]1CCCN(Cc2ccc(C(=O)N3c4ccccc4C[C@@H]3C)cc2)C1. The molecule has 2 aromatic carbocycles. The molecule has 2 aliphatic rings. The van der Waals surface area contributed by atoms with Crippen molar-refractivity contribution in [3.05, 3.63) is 65.2 Å². The Morgan fingerprint density at radius 1 is 1.08 bits per heavy atom. The topological polar surface area (TPSA) is 23.6 Å². The predicted octanol–water partition coefficient (Wildman–Crippen LogP) is 4.51. The van der Waals surface area contributed by atoms with Crippen LogP contribution in [-0.2, 0) is 13.0 Å². The molecule has 2 aliphatic heterocycles. The van der Waals surface area contributed by atoms with Crippen LogP contribution in [0.5, 0.6) is 0 Å². The number of nitrogens with zero attached hydrogens (tertiary/aromatic N) is 2. The molecule has 1 saturated heterocycles. The van der Waals surface area contributed by atoms with Crippen molar-refractivity contribution in [1.82, 2.24) is 4.90 Å². The van der Waals surface area contributed by atoms with Crippen molar-refractivity contribution < 1.29 is 4.79 Å². The molecule has 1 fully saturated rings. The quantitative estimate of drug-likeness (QED) is 0.815. The monoisotopic (exact) mass is 348 g/mol. The Morgan fingerprint density at radius 2 is 1.85 bits per heavy atom. The van der Waals surface area contributed by atoms with Gasteiger partial charge < -0.3 is 4.90 Å². The summed E-state index contributed by atoms with van der Waals surface area (Å²) in [5, 5.41) is 0. The fraction of sp³-hybridized carbons (Fsp3) is 0.435. The number of para-hydroxylation sites is 1. The maximum atomic E-state index is 13.1. The van der Waals surface area contributed by atoms with E-state index < -0.39 is 0 Å². The zero-order chi connectivity index (χ0) is 18.1. The van der Waals surface area contributed by atoms with Gasteiger partial charge in [-0.25, -0.2) is 0 Å². The second kappa shape index (κ2) is 7.24. The van der Waals surface area contributed by atoms with Crippen LogP contribution in [0.2, 0.25) is 0 Å². The summed E-state index contributed by atoms with van der Waals surface area (Å²) in [6.07, 6.45) is 3.58. The molecule has 136 valence electrons. The molecule has 2 aromatic rings. The van der Waals surface area contributed by atoms with Crippen molar-refractivity contribution in [3.8, 4) is 0 Å². The lowest BCUT2D eigenvalue weighted by Crippen LogP contribution is -2.35. The van der Waals surface area contributed by atoms with E-state index in [1.54, 1.807) is 0 Å². The van der Waals surface area contributed by atoms with E-state index in [4.69, 9.17) is 0 Å². The van der Waals surface area contributed by atoms with Gasteiger partial charge in [-0.2, -0.15) is 0 Å². The van der Waals surface area contributed by atoms with E-state index in [1.807, 2.05) is 23.1 Å². The van der Waals surface area contributed by atoms with Crippen molar-refractivity contribution in [3.63, 3.8) is 0 Å². The van der Waals surface area contributed by atoms with Gasteiger partial charge in [0.05, 0.1) is 0 Å². The zero-order valence-electron chi connectivity index (χ0n) is 15.8. The highest BCUT2D eigenvalue weighted by atomic mass is 16.2. The van der Waals surface area contributed by atoms with Crippen LogP contribution in [0.4, 0.5) is 5.69 Å². The highest BCUT2D eigenvalue weighted by molar-refractivity contribution is 6.07. The van der Waals surface area contributed by atoms with Crippen LogP contribution in [-0.4, -0.2) is 29.9 Å². The average molecular weight is 348 g/mol. The lowest BCUT2D eigenvalue weighted by molar-refractivity contribution is 0.0981. The van der Waals surface area contributed by atoms with Crippen molar-refractivity contribution in [2.75, 3.05) is 18.0 Å². The van der Waals surface area contributed by atoms with Crippen LogP contribution in [0.3, 0.4) is 0 Å². The van der Waals surface area contributed by atoms with E-state index in [0.29, 0.717) is 0 Å². The molecule has 3 heteroatoms. The summed E-state index contributed by atoms with van der Waals surface area (Å²) in [7, 11) is 0. The molecule has 4 rings (SSSR count). The van der Waals surface area contributed by atoms with Crippen LogP contribution in [0, 0.1) is 5.92 Å². The van der Waals surface area contributed by atoms with E-state index in [9.17, 15) is 4.79 Å². The van der Waals surface area contributed by atoms with E-state index >= 15 is 0 Å². The Balaban J connectivity index is 1.47. The maximum absolute atomic E-state index is 13.1. The third-order valence-electron chi connectivity index (χ3n) is 5.77. The fourth-order valence-corrected chi connectivity index (χ4v) is 4.46. The van der Waals surface area contributed by atoms with E-state index in [1.165, 1.54) is 37.1 Å². The maximum Gasteiger partial charge on any atom is 0.258 e. The summed E-state index contributed by atoms with van der Waals surface area (Å²) in [6, 6.07) is 16.7. The number of hydrogen-bond donors (Lipinski definition) is 0. The molecular formula is C23H28N2O. The molecule has 0 saturated carbocycles. The van der Waals surface area contributed by atoms with Gasteiger partial charge >= 0.3 is 0 Å². The van der Waals surface area contributed by atoms with E-state index in [0.717, 1.165) is 30.1 Å². The molecule has 1 amide bonds. The number of carbonyl (C=O) groups excluding carboxylic acids is 1. The molecule has 0 unspecified atom stereocenters. The summed E-state index contributed by atoms with van der Waals surface area (Å²) in [4.78, 5) is 17.6. The number of rotatable bonds is 3. The third kappa shape index (κ3) is 3.41. The van der Waals surface area contributed by atoms with Gasteiger partial charge in [-0.3, -0.25) is 9.69 Å². The average Bonchev–Trinajstić information content (AvgIpc) is 2.97. The number of benzene rings is 2. The number of amides is 1. The smallest absolute Gasteiger partial charge is 0.258 e. The normalized spacial score (nSPS) is 23.1. The lowest BCUT2D eigenvalue weighted by Gasteiger charge is -2.30. The van der Waals surface area contributed by atoms with Gasteiger partial charge in [0.25, 0.3) is 5.91 Å². The van der Waals surface area contributed by atoms with Gasteiger partial charge in [0.1, 0.15) is 0 Å². The molecule has 0 N–H and O–H groups in total. The molecule has 0 bridgehead atoms. The first kappa shape index (κ1) is 17.3. The molecule has 2 heterocycles. The molecular weight excluding hydrogens is 320 g/mol. The summed E-state index contributed by atoms with van der Waals surface area (Å²) < 4.78 is 0. The lowest BCUT2D eigenvalue weighted by atomic mass is 9.99. The Morgan fingerprint density at radius 3 is 2.62 bits per heavy atom. The van der Waals surface area contributed by atoms with Crippen LogP contribution < -0.4 is 4.90 Å². The van der Waals surface area contributed by atoms with Gasteiger partial charge in [0, 0.05) is 30.4 Å². The molecule has 0 radical (unpaired) electrons. The highest BCUT2D eigenvalue weighted by Crippen LogP contribution is 2.33. The number of carbonyl (C=O) groups is 1. The van der Waals surface area contributed by atoms with Gasteiger partial charge in [-0.1, -0.05) is 37.3 Å². The first-order valence-corrected chi connectivity index (χ1v) is 9.84. The molecule has 0 aromatic heterocycles. The molecule has 26 heavy (non-hydrogen) atoms. The van der Waals surface area contributed by atoms with Crippen molar-refractivity contribution in [1.29, 1.82) is 0 Å². The number of anilines is 1. The van der Waals surface area contributed by atoms with E-state index in [-0.39, 0.29) is 11.9 Å². The van der Waals surface area contributed by atoms with Crippen LogP contribution in [0.15, 0.2) is 48.5 Å². The summed E-state index contributed by atoms with van der Waals surface area (Å²) in [5.41, 5.74) is 4.41. The minimum absolute atomic E-state index is 0.112. The summed E-state index contributed by atoms with van der Waals surface area (Å²) in [5.74, 6) is 0.905. The third-order valence-corrected chi connectivity index (χ3v) is 5.77. The highest BCUT2D eigenvalue weighted by Gasteiger charge is 2.31. The predicted molar refractivity (Wildman–Crippen MR) is 107 cm³/mol. The van der Waals surface area contributed by atoms with Gasteiger partial charge in [0.15, 0.2) is 0 Å². The number of hydrogen-bond acceptors (Lipinski definition) is 2. The molecule has 3 nitrogen and oxygen atoms in total. The van der Waals surface area contributed by atoms with Crippen LogP contribution in [0.1, 0.15) is 48.2 Å². The molecule has 0 spiro atoms. The second-order valence-corrected chi connectivity index (χ2v) is 8.04. The van der Waals surface area contributed by atoms with Crippen molar-refractivity contribution in [2.45, 2.75) is 45.7 Å². The first-order valence-electron chi connectivity index (χ1n) is 9.84. The molecule has 2 atom stereocenters. The van der Waals surface area contributed by atoms with Crippen molar-refractivity contribution >= 4 is 11.6 Å². The number of piperidine rings is 1. The number of likely N-dealkylation sites (tertiary alicyclic amines) is 1. The van der Waals surface area contributed by atoms with Crippen LogP contribution in [0.25, 0.3) is 0 Å². The largest absolute Gasteiger partial charge is 0.305 e. The Kier molecular flexibility index (Phi) is 4.82. The van der Waals surface area contributed by atoms with E-state index in [2.05, 4.69) is 49.1 Å². The minimum Gasteiger partial charge on any atom is -0.305 e. The zero-order valence-corrected chi connectivity index (χ0v) is 15.8. The second-order valence-electron chi connectivity index (χ2n) is 8.04. The molecule has 0 aliphatic carbocycles. The van der Waals surface area contributed by atoms with Crippen molar-refractivity contribution in [2.24, 2.45) is 5.92 Å². The minimum atomic E-state index is 0.112. The Bertz CT molecular complexity index is 783. The summed E-state index contributed by atoms with van der Waals surface area (Å²) in [6.45, 7) is 7.82. The Labute approximate surface area is 156 Å².